The molecule has 0 aliphatic carbocycles. The molecule has 0 aromatic heterocycles. The first-order valence-electron chi connectivity index (χ1n) is 31.9. The van der Waals surface area contributed by atoms with Crippen molar-refractivity contribution >= 4 is 11.9 Å². The van der Waals surface area contributed by atoms with Gasteiger partial charge in [-0.3, -0.25) is 9.59 Å². The summed E-state index contributed by atoms with van der Waals surface area (Å²) in [7, 11) is 0. The number of unbranched alkanes of at least 4 members (excludes halogenated alkanes) is 47. The summed E-state index contributed by atoms with van der Waals surface area (Å²) in [5, 5.41) is 23.4. The number of allylic oxidation sites excluding steroid dienone is 2. The molecule has 0 aliphatic heterocycles. The summed E-state index contributed by atoms with van der Waals surface area (Å²) in [6, 6.07) is -0.554. The summed E-state index contributed by atoms with van der Waals surface area (Å²) in [5.74, 6) is -0.0568. The lowest BCUT2D eigenvalue weighted by molar-refractivity contribution is -0.143. The first-order valence-corrected chi connectivity index (χ1v) is 31.9. The third-order valence-electron chi connectivity index (χ3n) is 15.1. The molecule has 416 valence electrons. The zero-order valence-electron chi connectivity index (χ0n) is 47.5. The Morgan fingerprint density at radius 2 is 0.671 bits per heavy atom. The monoisotopic (exact) mass is 988 g/mol. The highest BCUT2D eigenvalue weighted by molar-refractivity contribution is 5.76. The molecule has 0 saturated heterocycles. The fraction of sp³-hybridized carbons (Fsp3) is 0.938. The van der Waals surface area contributed by atoms with Crippen molar-refractivity contribution in [1.29, 1.82) is 0 Å². The van der Waals surface area contributed by atoms with E-state index in [9.17, 15) is 19.8 Å². The number of hydrogen-bond acceptors (Lipinski definition) is 5. The number of ether oxygens (including phenoxy) is 1. The Morgan fingerprint density at radius 3 is 1.01 bits per heavy atom. The van der Waals surface area contributed by atoms with Crippen LogP contribution >= 0.6 is 0 Å². The molecule has 6 nitrogen and oxygen atoms in total. The Labute approximate surface area is 438 Å². The largest absolute Gasteiger partial charge is 0.466 e. The maximum Gasteiger partial charge on any atom is 0.305 e. The topological polar surface area (TPSA) is 95.9 Å². The Hall–Kier alpha value is -1.40. The smallest absolute Gasteiger partial charge is 0.305 e. The van der Waals surface area contributed by atoms with Gasteiger partial charge < -0.3 is 20.3 Å². The van der Waals surface area contributed by atoms with Gasteiger partial charge in [0.25, 0.3) is 0 Å². The van der Waals surface area contributed by atoms with Gasteiger partial charge in [0.1, 0.15) is 0 Å². The lowest BCUT2D eigenvalue weighted by atomic mass is 10.0. The number of carbonyl (C=O) groups excluding carboxylic acids is 2. The summed E-state index contributed by atoms with van der Waals surface area (Å²) < 4.78 is 5.49. The first-order chi connectivity index (χ1) is 34.5. The number of aliphatic hydroxyl groups excluding tert-OH is 2. The lowest BCUT2D eigenvalue weighted by Gasteiger charge is -2.22. The van der Waals surface area contributed by atoms with Gasteiger partial charge in [-0.1, -0.05) is 309 Å². The summed E-state index contributed by atoms with van der Waals surface area (Å²) >= 11 is 0. The van der Waals surface area contributed by atoms with Crippen LogP contribution in [0.3, 0.4) is 0 Å². The van der Waals surface area contributed by atoms with E-state index in [2.05, 4.69) is 31.3 Å². The van der Waals surface area contributed by atoms with E-state index in [0.29, 0.717) is 25.9 Å². The van der Waals surface area contributed by atoms with Crippen LogP contribution in [0.2, 0.25) is 0 Å². The van der Waals surface area contributed by atoms with Crippen LogP contribution in [0.5, 0.6) is 0 Å². The predicted molar refractivity (Wildman–Crippen MR) is 306 cm³/mol. The second-order valence-corrected chi connectivity index (χ2v) is 22.1. The summed E-state index contributed by atoms with van der Waals surface area (Å²) in [5.41, 5.74) is 0. The molecule has 0 aromatic carbocycles. The normalized spacial score (nSPS) is 12.6. The van der Waals surface area contributed by atoms with Crippen molar-refractivity contribution in [2.45, 2.75) is 373 Å². The minimum atomic E-state index is -0.676. The predicted octanol–water partition coefficient (Wildman–Crippen LogP) is 20.0. The van der Waals surface area contributed by atoms with Crippen molar-refractivity contribution in [2.24, 2.45) is 0 Å². The number of carbonyl (C=O) groups is 2. The van der Waals surface area contributed by atoms with Gasteiger partial charge in [-0.2, -0.15) is 0 Å². The van der Waals surface area contributed by atoms with Gasteiger partial charge in [-0.05, 0) is 51.4 Å². The van der Waals surface area contributed by atoms with Gasteiger partial charge in [-0.25, -0.2) is 0 Å². The molecule has 0 fully saturated rings. The number of amides is 1. The number of esters is 1. The molecular formula is C64H125NO5. The van der Waals surface area contributed by atoms with Crippen molar-refractivity contribution in [1.82, 2.24) is 5.32 Å². The summed E-state index contributed by atoms with van der Waals surface area (Å²) in [6.45, 7) is 4.95. The van der Waals surface area contributed by atoms with Crippen LogP contribution in [0, 0.1) is 0 Å². The molecule has 1 amide bonds. The van der Waals surface area contributed by atoms with E-state index in [-0.39, 0.29) is 18.5 Å². The van der Waals surface area contributed by atoms with Gasteiger partial charge in [-0.15, -0.1) is 0 Å². The van der Waals surface area contributed by atoms with Crippen molar-refractivity contribution in [2.75, 3.05) is 13.2 Å². The van der Waals surface area contributed by atoms with E-state index in [0.717, 1.165) is 57.8 Å². The van der Waals surface area contributed by atoms with E-state index in [1.807, 2.05) is 0 Å². The van der Waals surface area contributed by atoms with E-state index in [1.165, 1.54) is 270 Å². The van der Waals surface area contributed by atoms with Crippen LogP contribution in [0.15, 0.2) is 12.2 Å². The van der Waals surface area contributed by atoms with Crippen LogP contribution in [0.1, 0.15) is 361 Å². The van der Waals surface area contributed by atoms with Gasteiger partial charge in [0.15, 0.2) is 0 Å². The fourth-order valence-electron chi connectivity index (χ4n) is 10.2. The molecule has 0 aliphatic rings. The van der Waals surface area contributed by atoms with Crippen molar-refractivity contribution in [3.8, 4) is 0 Å². The van der Waals surface area contributed by atoms with E-state index in [4.69, 9.17) is 4.74 Å². The molecule has 0 heterocycles. The summed E-state index contributed by atoms with van der Waals surface area (Å²) in [4.78, 5) is 24.6. The standard InChI is InChI=1S/C64H125NO5/c1-3-5-7-9-11-13-15-17-19-21-23-24-25-26-27-28-30-32-36-40-44-48-52-56-62(67)61(60-66)65-63(68)57-53-49-45-41-37-34-35-39-43-47-51-55-59-70-64(69)58-54-50-46-42-38-33-31-29-22-20-18-16-14-12-10-8-6-4-2/h20,22,61-62,66-67H,3-19,21,23-60H2,1-2H3,(H,65,68)/b22-20-. The first kappa shape index (κ1) is 68.6. The van der Waals surface area contributed by atoms with Gasteiger partial charge in [0, 0.05) is 12.8 Å². The quantitative estimate of drug-likeness (QED) is 0.0321. The molecule has 6 heteroatoms. The number of nitrogens with one attached hydrogen (secondary N) is 1. The van der Waals surface area contributed by atoms with Crippen LogP contribution in [-0.2, 0) is 14.3 Å². The average molecular weight is 989 g/mol. The Balaban J connectivity index is 3.43. The second-order valence-electron chi connectivity index (χ2n) is 22.1. The van der Waals surface area contributed by atoms with Crippen molar-refractivity contribution < 1.29 is 24.5 Å². The molecular weight excluding hydrogens is 863 g/mol. The fourth-order valence-corrected chi connectivity index (χ4v) is 10.2. The van der Waals surface area contributed by atoms with Gasteiger partial charge in [0.2, 0.25) is 5.91 Å². The molecule has 0 rings (SSSR count). The summed E-state index contributed by atoms with van der Waals surface area (Å²) in [6.07, 6.45) is 72.2. The molecule has 0 aromatic rings. The number of rotatable bonds is 60. The van der Waals surface area contributed by atoms with Crippen LogP contribution in [0.4, 0.5) is 0 Å². The molecule has 0 saturated carbocycles. The number of hydrogen-bond donors (Lipinski definition) is 3. The molecule has 0 radical (unpaired) electrons. The lowest BCUT2D eigenvalue weighted by Crippen LogP contribution is -2.45. The van der Waals surface area contributed by atoms with Crippen LogP contribution in [-0.4, -0.2) is 47.4 Å². The zero-order chi connectivity index (χ0) is 50.7. The highest BCUT2D eigenvalue weighted by atomic mass is 16.5. The molecule has 2 unspecified atom stereocenters. The molecule has 2 atom stereocenters. The maximum absolute atomic E-state index is 12.5. The van der Waals surface area contributed by atoms with Gasteiger partial charge in [0.05, 0.1) is 25.4 Å². The maximum atomic E-state index is 12.5. The number of aliphatic hydroxyl groups is 2. The third-order valence-corrected chi connectivity index (χ3v) is 15.1. The highest BCUT2D eigenvalue weighted by Gasteiger charge is 2.20. The SMILES string of the molecule is CCCCCCCCC/C=C\CCCCCCCCCC(=O)OCCCCCCCCCCCCCCC(=O)NC(CO)C(O)CCCCCCCCCCCCCCCCCCCCCCCCC. The zero-order valence-corrected chi connectivity index (χ0v) is 47.5. The molecule has 3 N–H and O–H groups in total. The van der Waals surface area contributed by atoms with Crippen LogP contribution in [0.25, 0.3) is 0 Å². The van der Waals surface area contributed by atoms with Gasteiger partial charge >= 0.3 is 5.97 Å². The molecule has 70 heavy (non-hydrogen) atoms. The molecule has 0 bridgehead atoms. The van der Waals surface area contributed by atoms with E-state index < -0.39 is 12.1 Å². The third kappa shape index (κ3) is 55.9. The minimum Gasteiger partial charge on any atom is -0.466 e. The Bertz CT molecular complexity index is 1050. The van der Waals surface area contributed by atoms with Crippen molar-refractivity contribution in [3.05, 3.63) is 12.2 Å². The highest BCUT2D eigenvalue weighted by Crippen LogP contribution is 2.18. The van der Waals surface area contributed by atoms with Crippen LogP contribution < -0.4 is 5.32 Å². The van der Waals surface area contributed by atoms with E-state index >= 15 is 0 Å². The Kier molecular flexibility index (Phi) is 59.0. The van der Waals surface area contributed by atoms with E-state index in [1.54, 1.807) is 0 Å². The Morgan fingerprint density at radius 1 is 0.386 bits per heavy atom. The molecule has 0 spiro atoms. The minimum absolute atomic E-state index is 0.0106. The average Bonchev–Trinajstić information content (AvgIpc) is 3.36. The second kappa shape index (κ2) is 60.2. The van der Waals surface area contributed by atoms with Crippen molar-refractivity contribution in [3.63, 3.8) is 0 Å².